The molecule has 0 radical (unpaired) electrons. The first-order chi connectivity index (χ1) is 24.4. The van der Waals surface area contributed by atoms with Crippen molar-refractivity contribution in [3.63, 3.8) is 0 Å². The second kappa shape index (κ2) is 14.4. The molecule has 2 aromatic rings. The predicted octanol–water partition coefficient (Wildman–Crippen LogP) is 4.23. The van der Waals surface area contributed by atoms with Crippen LogP contribution in [0, 0.1) is 17.8 Å². The first-order valence-electron chi connectivity index (χ1n) is 18.1. The first-order valence-corrected chi connectivity index (χ1v) is 20.0. The molecule has 2 aliphatic carbocycles. The summed E-state index contributed by atoms with van der Waals surface area (Å²) < 4.78 is 42.2. The standard InChI is InChI=1S/C38H47ClN4O7S/c1-24-5-3-7-33(49-21-36(45)42-16-15-40-35(44)20-42)30-11-8-28(30)19-43-22-38(14-4-6-26-17-29(39)10-12-31(26)38)23-50-34-13-9-27(18-32(34)43)37(46)41-51(47,48)25(24)2/h3,7,9-10,12-13,17-18,24-25,28,30,33H,4-6,8,11,14-16,19-23H2,1-2H3,(H,40,44)(H,41,46)/b7-3+/t24-,25+,28-,30+,33-,38-/m0/s1. The number of carbonyl (C=O) groups is 3. The highest BCUT2D eigenvalue weighted by atomic mass is 35.5. The molecule has 5 aliphatic rings. The van der Waals surface area contributed by atoms with Gasteiger partial charge in [0.25, 0.3) is 5.91 Å². The third-order valence-electron chi connectivity index (χ3n) is 11.8. The van der Waals surface area contributed by atoms with E-state index in [1.165, 1.54) is 16.0 Å². The molecule has 51 heavy (non-hydrogen) atoms. The number of aryl methyl sites for hydroxylation is 1. The molecular weight excluding hydrogens is 692 g/mol. The first kappa shape index (κ1) is 35.8. The van der Waals surface area contributed by atoms with Crippen LogP contribution in [0.2, 0.25) is 5.02 Å². The molecule has 2 bridgehead atoms. The Morgan fingerprint density at radius 2 is 1.98 bits per heavy atom. The number of carbonyl (C=O) groups excluding carboxylic acids is 3. The normalized spacial score (nSPS) is 31.2. The Labute approximate surface area is 305 Å². The molecule has 11 nitrogen and oxygen atoms in total. The van der Waals surface area contributed by atoms with Gasteiger partial charge in [0.15, 0.2) is 0 Å². The molecule has 2 fully saturated rings. The number of benzene rings is 2. The zero-order valence-corrected chi connectivity index (χ0v) is 30.8. The number of fused-ring (bicyclic) bond motifs is 4. The van der Waals surface area contributed by atoms with Crippen LogP contribution >= 0.6 is 11.6 Å². The van der Waals surface area contributed by atoms with Gasteiger partial charge in [0.1, 0.15) is 12.4 Å². The Hall–Kier alpha value is -3.61. The molecule has 3 heterocycles. The number of hydrogen-bond donors (Lipinski definition) is 2. The zero-order valence-electron chi connectivity index (χ0n) is 29.2. The van der Waals surface area contributed by atoms with Gasteiger partial charge in [-0.15, -0.1) is 0 Å². The van der Waals surface area contributed by atoms with Gasteiger partial charge in [-0.2, -0.15) is 0 Å². The van der Waals surface area contributed by atoms with Crippen LogP contribution in [0.3, 0.4) is 0 Å². The van der Waals surface area contributed by atoms with Crippen molar-refractivity contribution in [2.45, 2.75) is 69.1 Å². The summed E-state index contributed by atoms with van der Waals surface area (Å²) in [5.74, 6) is -0.402. The maximum Gasteiger partial charge on any atom is 0.264 e. The number of nitrogens with one attached hydrogen (secondary N) is 2. The highest BCUT2D eigenvalue weighted by Crippen LogP contribution is 2.47. The summed E-state index contributed by atoms with van der Waals surface area (Å²) in [5.41, 5.74) is 3.13. The van der Waals surface area contributed by atoms with E-state index in [4.69, 9.17) is 21.1 Å². The lowest BCUT2D eigenvalue weighted by molar-refractivity contribution is -0.144. The second-order valence-electron chi connectivity index (χ2n) is 15.1. The maximum absolute atomic E-state index is 13.5. The van der Waals surface area contributed by atoms with Crippen LogP contribution in [0.1, 0.15) is 67.4 Å². The number of sulfonamides is 1. The molecule has 0 aromatic heterocycles. The van der Waals surface area contributed by atoms with Crippen LogP contribution in [-0.4, -0.2) is 88.3 Å². The smallest absolute Gasteiger partial charge is 0.264 e. The molecule has 3 amide bonds. The quantitative estimate of drug-likeness (QED) is 0.448. The van der Waals surface area contributed by atoms with E-state index < -0.39 is 21.2 Å². The molecule has 2 aromatic carbocycles. The lowest BCUT2D eigenvalue weighted by Crippen LogP contribution is -2.52. The third-order valence-corrected chi connectivity index (χ3v) is 14.0. The Morgan fingerprint density at radius 1 is 1.14 bits per heavy atom. The summed E-state index contributed by atoms with van der Waals surface area (Å²) in [4.78, 5) is 42.5. The van der Waals surface area contributed by atoms with Crippen molar-refractivity contribution in [2.24, 2.45) is 17.8 Å². The van der Waals surface area contributed by atoms with E-state index in [9.17, 15) is 22.8 Å². The topological polar surface area (TPSA) is 134 Å². The molecule has 274 valence electrons. The van der Waals surface area contributed by atoms with Gasteiger partial charge in [0.2, 0.25) is 21.8 Å². The highest BCUT2D eigenvalue weighted by Gasteiger charge is 2.45. The van der Waals surface area contributed by atoms with Gasteiger partial charge < -0.3 is 24.6 Å². The molecule has 1 saturated heterocycles. The number of ether oxygens (including phenoxy) is 2. The largest absolute Gasteiger partial charge is 0.490 e. The summed E-state index contributed by atoms with van der Waals surface area (Å²) >= 11 is 6.44. The fraction of sp³-hybridized carbons (Fsp3) is 0.553. The monoisotopic (exact) mass is 738 g/mol. The SMILES string of the molecule is C[C@@H]1[C@@H](C)C/C=C/[C@H](OCC(=O)N2CCNC(=O)C2)[C@@H]2CC[C@H]2CN2C[C@@]3(CCCc4cc(Cl)ccc43)COc3ccc(cc32)C(=O)NS1(=O)=O. The number of piperazine rings is 1. The van der Waals surface area contributed by atoms with Crippen LogP contribution in [0.4, 0.5) is 5.69 Å². The molecule has 0 unspecified atom stereocenters. The summed E-state index contributed by atoms with van der Waals surface area (Å²) in [5, 5.41) is 2.62. The molecule has 6 atom stereocenters. The lowest BCUT2D eigenvalue weighted by Gasteiger charge is -2.46. The van der Waals surface area contributed by atoms with Crippen molar-refractivity contribution in [1.29, 1.82) is 0 Å². The Bertz CT molecular complexity index is 1840. The average Bonchev–Trinajstić information content (AvgIpc) is 3.24. The fourth-order valence-electron chi connectivity index (χ4n) is 8.43. The Balaban J connectivity index is 1.24. The van der Waals surface area contributed by atoms with Crippen LogP contribution in [0.25, 0.3) is 0 Å². The van der Waals surface area contributed by atoms with Crippen molar-refractivity contribution in [2.75, 3.05) is 50.8 Å². The number of allylic oxidation sites excluding steroid dienone is 1. The van der Waals surface area contributed by atoms with Crippen molar-refractivity contribution in [1.82, 2.24) is 14.9 Å². The maximum atomic E-state index is 13.5. The van der Waals surface area contributed by atoms with Crippen LogP contribution in [0.15, 0.2) is 48.6 Å². The minimum Gasteiger partial charge on any atom is -0.490 e. The van der Waals surface area contributed by atoms with Gasteiger partial charge in [-0.25, -0.2) is 13.1 Å². The van der Waals surface area contributed by atoms with Crippen molar-refractivity contribution >= 4 is 45.0 Å². The Morgan fingerprint density at radius 3 is 2.76 bits per heavy atom. The van der Waals surface area contributed by atoms with Crippen molar-refractivity contribution in [3.8, 4) is 5.75 Å². The van der Waals surface area contributed by atoms with Gasteiger partial charge in [-0.05, 0) is 105 Å². The van der Waals surface area contributed by atoms with Gasteiger partial charge in [0.05, 0.1) is 30.2 Å². The summed E-state index contributed by atoms with van der Waals surface area (Å²) in [7, 11) is -4.00. The lowest BCUT2D eigenvalue weighted by atomic mass is 9.68. The molecular formula is C38H47ClN4O7S. The summed E-state index contributed by atoms with van der Waals surface area (Å²) in [6.45, 7) is 5.95. The number of amides is 3. The third kappa shape index (κ3) is 7.37. The minimum absolute atomic E-state index is 0.0185. The second-order valence-corrected chi connectivity index (χ2v) is 17.5. The fourth-order valence-corrected chi connectivity index (χ4v) is 9.91. The number of rotatable bonds is 3. The van der Waals surface area contributed by atoms with E-state index in [1.54, 1.807) is 25.1 Å². The van der Waals surface area contributed by atoms with E-state index in [2.05, 4.69) is 27.1 Å². The number of hydrogen-bond acceptors (Lipinski definition) is 8. The zero-order chi connectivity index (χ0) is 35.9. The molecule has 1 saturated carbocycles. The summed E-state index contributed by atoms with van der Waals surface area (Å²) in [6.07, 6.45) is 8.73. The number of halogens is 1. The van der Waals surface area contributed by atoms with E-state index >= 15 is 0 Å². The van der Waals surface area contributed by atoms with E-state index in [0.29, 0.717) is 50.0 Å². The van der Waals surface area contributed by atoms with Crippen LogP contribution in [-0.2, 0) is 36.2 Å². The number of nitrogens with zero attached hydrogens (tertiary/aromatic N) is 2. The van der Waals surface area contributed by atoms with Gasteiger partial charge in [0, 0.05) is 42.2 Å². The average molecular weight is 739 g/mol. The van der Waals surface area contributed by atoms with Crippen molar-refractivity contribution in [3.05, 3.63) is 70.3 Å². The van der Waals surface area contributed by atoms with Crippen molar-refractivity contribution < 1.29 is 32.3 Å². The summed E-state index contributed by atoms with van der Waals surface area (Å²) in [6, 6.07) is 11.3. The Kier molecular flexibility index (Phi) is 10.1. The van der Waals surface area contributed by atoms with E-state index in [0.717, 1.165) is 37.8 Å². The predicted molar refractivity (Wildman–Crippen MR) is 195 cm³/mol. The molecule has 7 rings (SSSR count). The van der Waals surface area contributed by atoms with E-state index in [-0.39, 0.29) is 59.8 Å². The molecule has 13 heteroatoms. The van der Waals surface area contributed by atoms with Gasteiger partial charge in [-0.3, -0.25) is 14.4 Å². The number of anilines is 1. The molecule has 1 spiro atoms. The van der Waals surface area contributed by atoms with Gasteiger partial charge in [-0.1, -0.05) is 36.7 Å². The van der Waals surface area contributed by atoms with E-state index in [1.807, 2.05) is 25.1 Å². The molecule has 2 N–H and O–H groups in total. The molecule has 3 aliphatic heterocycles. The van der Waals surface area contributed by atoms with Crippen LogP contribution in [0.5, 0.6) is 5.75 Å². The highest BCUT2D eigenvalue weighted by molar-refractivity contribution is 7.90. The minimum atomic E-state index is -4.00. The van der Waals surface area contributed by atoms with Gasteiger partial charge >= 0.3 is 0 Å². The van der Waals surface area contributed by atoms with Crippen LogP contribution < -0.4 is 19.7 Å².